The van der Waals surface area contributed by atoms with Crippen LogP contribution in [-0.2, 0) is 9.53 Å². The van der Waals surface area contributed by atoms with Gasteiger partial charge in [0.25, 0.3) is 0 Å². The molecule has 0 aliphatic rings. The number of carbonyl (C=O) groups is 1. The Bertz CT molecular complexity index is 193. The Labute approximate surface area is 98.9 Å². The van der Waals surface area contributed by atoms with E-state index in [2.05, 4.69) is 19.2 Å². The van der Waals surface area contributed by atoms with Crippen LogP contribution in [0.15, 0.2) is 0 Å². The lowest BCUT2D eigenvalue weighted by atomic mass is 10.0. The number of ether oxygens (including phenoxy) is 1. The molecule has 96 valence electrons. The van der Waals surface area contributed by atoms with Gasteiger partial charge in [0.1, 0.15) is 0 Å². The molecule has 0 saturated carbocycles. The van der Waals surface area contributed by atoms with Crippen molar-refractivity contribution in [2.45, 2.75) is 52.7 Å². The zero-order valence-corrected chi connectivity index (χ0v) is 11.0. The largest absolute Gasteiger partial charge is 0.378 e. The van der Waals surface area contributed by atoms with Gasteiger partial charge in [0.05, 0.1) is 12.7 Å². The third kappa shape index (κ3) is 8.68. The molecule has 1 atom stereocenters. The highest BCUT2D eigenvalue weighted by Gasteiger charge is 2.12. The highest BCUT2D eigenvalue weighted by Crippen LogP contribution is 2.03. The second kappa shape index (κ2) is 8.53. The van der Waals surface area contributed by atoms with Crippen LogP contribution in [0.2, 0.25) is 0 Å². The van der Waals surface area contributed by atoms with Crippen molar-refractivity contribution < 1.29 is 9.53 Å². The van der Waals surface area contributed by atoms with Crippen molar-refractivity contribution in [3.05, 3.63) is 0 Å². The highest BCUT2D eigenvalue weighted by atomic mass is 16.5. The maximum atomic E-state index is 11.5. The van der Waals surface area contributed by atoms with Gasteiger partial charge < -0.3 is 15.8 Å². The van der Waals surface area contributed by atoms with Crippen molar-refractivity contribution in [3.63, 3.8) is 0 Å². The zero-order valence-electron chi connectivity index (χ0n) is 11.0. The summed E-state index contributed by atoms with van der Waals surface area (Å²) in [6, 6.07) is 0.0894. The lowest BCUT2D eigenvalue weighted by Gasteiger charge is -2.19. The predicted octanol–water partition coefficient (Wildman–Crippen LogP) is 1.29. The van der Waals surface area contributed by atoms with Gasteiger partial charge in [0.2, 0.25) is 5.91 Å². The molecule has 0 aliphatic heterocycles. The topological polar surface area (TPSA) is 64.3 Å². The molecule has 0 radical (unpaired) electrons. The molecule has 0 aromatic rings. The van der Waals surface area contributed by atoms with Gasteiger partial charge in [0, 0.05) is 19.0 Å². The van der Waals surface area contributed by atoms with Crippen molar-refractivity contribution in [2.75, 3.05) is 13.2 Å². The number of nitrogens with two attached hydrogens (primary N) is 1. The molecule has 1 unspecified atom stereocenters. The first-order valence-electron chi connectivity index (χ1n) is 6.06. The van der Waals surface area contributed by atoms with E-state index < -0.39 is 0 Å². The Kier molecular flexibility index (Phi) is 8.21. The van der Waals surface area contributed by atoms with E-state index in [1.165, 1.54) is 0 Å². The molecule has 16 heavy (non-hydrogen) atoms. The van der Waals surface area contributed by atoms with Gasteiger partial charge in [0.15, 0.2) is 0 Å². The molecular weight excluding hydrogens is 204 g/mol. The minimum absolute atomic E-state index is 0.0248. The van der Waals surface area contributed by atoms with Gasteiger partial charge in [-0.05, 0) is 26.2 Å². The Morgan fingerprint density at radius 1 is 1.31 bits per heavy atom. The van der Waals surface area contributed by atoms with E-state index in [-0.39, 0.29) is 18.1 Å². The number of nitrogens with one attached hydrogen (secondary N) is 1. The molecule has 0 fully saturated rings. The van der Waals surface area contributed by atoms with E-state index in [0.29, 0.717) is 25.5 Å². The van der Waals surface area contributed by atoms with Crippen LogP contribution in [0.3, 0.4) is 0 Å². The zero-order chi connectivity index (χ0) is 12.6. The predicted molar refractivity (Wildman–Crippen MR) is 66.1 cm³/mol. The molecule has 0 spiro atoms. The summed E-state index contributed by atoms with van der Waals surface area (Å²) in [5.74, 6) is 0.567. The van der Waals surface area contributed by atoms with Gasteiger partial charge >= 0.3 is 0 Å². The molecule has 0 heterocycles. The van der Waals surface area contributed by atoms with Crippen LogP contribution in [0, 0.1) is 5.92 Å². The fraction of sp³-hybridized carbons (Fsp3) is 0.917. The summed E-state index contributed by atoms with van der Waals surface area (Å²) in [6.45, 7) is 9.13. The summed E-state index contributed by atoms with van der Waals surface area (Å²) in [6.07, 6.45) is 1.51. The van der Waals surface area contributed by atoms with E-state index >= 15 is 0 Å². The number of hydrogen-bond acceptors (Lipinski definition) is 3. The standard InChI is InChI=1S/C12H26N2O2/c1-9(2)7-11(8-13)14-12(15)5-6-16-10(3)4/h9-11H,5-8,13H2,1-4H3,(H,14,15). The first kappa shape index (κ1) is 15.4. The molecule has 0 rings (SSSR count). The fourth-order valence-corrected chi connectivity index (χ4v) is 1.47. The number of carbonyl (C=O) groups excluding carboxylic acids is 1. The summed E-state index contributed by atoms with van der Waals surface area (Å²) in [7, 11) is 0. The van der Waals surface area contributed by atoms with Crippen LogP contribution in [0.5, 0.6) is 0 Å². The van der Waals surface area contributed by atoms with Crippen molar-refractivity contribution in [3.8, 4) is 0 Å². The molecule has 0 aliphatic carbocycles. The van der Waals surface area contributed by atoms with Crippen LogP contribution in [0.4, 0.5) is 0 Å². The SMILES string of the molecule is CC(C)CC(CN)NC(=O)CCOC(C)C. The molecule has 0 saturated heterocycles. The number of rotatable bonds is 8. The van der Waals surface area contributed by atoms with E-state index in [1.807, 2.05) is 13.8 Å². The molecule has 4 nitrogen and oxygen atoms in total. The summed E-state index contributed by atoms with van der Waals surface area (Å²) in [4.78, 5) is 11.5. The van der Waals surface area contributed by atoms with Crippen LogP contribution < -0.4 is 11.1 Å². The van der Waals surface area contributed by atoms with Crippen molar-refractivity contribution in [1.29, 1.82) is 0 Å². The van der Waals surface area contributed by atoms with Gasteiger partial charge in [-0.1, -0.05) is 13.8 Å². The van der Waals surface area contributed by atoms with Crippen LogP contribution in [0.1, 0.15) is 40.5 Å². The maximum absolute atomic E-state index is 11.5. The van der Waals surface area contributed by atoms with Gasteiger partial charge in [-0.2, -0.15) is 0 Å². The number of hydrogen-bond donors (Lipinski definition) is 2. The lowest BCUT2D eigenvalue weighted by Crippen LogP contribution is -2.41. The molecule has 3 N–H and O–H groups in total. The minimum Gasteiger partial charge on any atom is -0.378 e. The first-order chi connectivity index (χ1) is 7.45. The van der Waals surface area contributed by atoms with Crippen LogP contribution in [0.25, 0.3) is 0 Å². The normalized spacial score (nSPS) is 13.2. The molecular formula is C12H26N2O2. The summed E-state index contributed by atoms with van der Waals surface area (Å²) < 4.78 is 5.32. The molecule has 1 amide bonds. The van der Waals surface area contributed by atoms with Gasteiger partial charge in [-0.15, -0.1) is 0 Å². The summed E-state index contributed by atoms with van der Waals surface area (Å²) >= 11 is 0. The molecule has 4 heteroatoms. The summed E-state index contributed by atoms with van der Waals surface area (Å²) in [5.41, 5.74) is 5.60. The Balaban J connectivity index is 3.74. The van der Waals surface area contributed by atoms with E-state index in [9.17, 15) is 4.79 Å². The van der Waals surface area contributed by atoms with Gasteiger partial charge in [-0.25, -0.2) is 0 Å². The Hall–Kier alpha value is -0.610. The van der Waals surface area contributed by atoms with Crippen LogP contribution in [-0.4, -0.2) is 31.2 Å². The minimum atomic E-state index is 0.0248. The monoisotopic (exact) mass is 230 g/mol. The quantitative estimate of drug-likeness (QED) is 0.660. The van der Waals surface area contributed by atoms with Crippen molar-refractivity contribution in [2.24, 2.45) is 11.7 Å². The molecule has 0 aromatic heterocycles. The summed E-state index contributed by atoms with van der Waals surface area (Å²) in [5, 5.41) is 2.93. The Morgan fingerprint density at radius 2 is 1.94 bits per heavy atom. The van der Waals surface area contributed by atoms with Crippen molar-refractivity contribution >= 4 is 5.91 Å². The number of amides is 1. The maximum Gasteiger partial charge on any atom is 0.222 e. The third-order valence-corrected chi connectivity index (χ3v) is 2.19. The molecule has 0 bridgehead atoms. The molecule has 0 aromatic carbocycles. The van der Waals surface area contributed by atoms with Crippen LogP contribution >= 0.6 is 0 Å². The second-order valence-corrected chi connectivity index (χ2v) is 4.80. The average Bonchev–Trinajstić information content (AvgIpc) is 2.15. The highest BCUT2D eigenvalue weighted by molar-refractivity contribution is 5.76. The second-order valence-electron chi connectivity index (χ2n) is 4.80. The van der Waals surface area contributed by atoms with Gasteiger partial charge in [-0.3, -0.25) is 4.79 Å². The van der Waals surface area contributed by atoms with Crippen molar-refractivity contribution in [1.82, 2.24) is 5.32 Å². The van der Waals surface area contributed by atoms with E-state index in [4.69, 9.17) is 10.5 Å². The van der Waals surface area contributed by atoms with E-state index in [1.54, 1.807) is 0 Å². The average molecular weight is 230 g/mol. The van der Waals surface area contributed by atoms with E-state index in [0.717, 1.165) is 6.42 Å². The smallest absolute Gasteiger partial charge is 0.222 e. The Morgan fingerprint density at radius 3 is 2.38 bits per heavy atom. The lowest BCUT2D eigenvalue weighted by molar-refractivity contribution is -0.123. The first-order valence-corrected chi connectivity index (χ1v) is 6.06. The third-order valence-electron chi connectivity index (χ3n) is 2.19. The fourth-order valence-electron chi connectivity index (χ4n) is 1.47.